The van der Waals surface area contributed by atoms with Gasteiger partial charge in [0.25, 0.3) is 0 Å². The molecule has 3 heteroatoms. The second-order valence-corrected chi connectivity index (χ2v) is 1.72. The van der Waals surface area contributed by atoms with Crippen LogP contribution in [-0.4, -0.2) is 34.7 Å². The van der Waals surface area contributed by atoms with E-state index < -0.39 is 0 Å². The van der Waals surface area contributed by atoms with Crippen molar-refractivity contribution < 1.29 is 0 Å². The number of thiocarbonyl (C=S) groups is 1. The normalized spacial score (nSPS) is 7.20. The van der Waals surface area contributed by atoms with Gasteiger partial charge in [-0.1, -0.05) is 18.2 Å². The molecule has 0 N–H and O–H groups in total. The maximum absolute atomic E-state index is 4.42. The summed E-state index contributed by atoms with van der Waals surface area (Å²) < 4.78 is 0. The van der Waals surface area contributed by atoms with Gasteiger partial charge >= 0.3 is 29.6 Å². The van der Waals surface area contributed by atoms with Crippen LogP contribution in [0.5, 0.6) is 0 Å². The fourth-order valence-electron chi connectivity index (χ4n) is 0.555. The van der Waals surface area contributed by atoms with Crippen molar-refractivity contribution in [1.29, 1.82) is 0 Å². The van der Waals surface area contributed by atoms with E-state index in [9.17, 15) is 0 Å². The van der Waals surface area contributed by atoms with Crippen molar-refractivity contribution in [3.63, 3.8) is 0 Å². The van der Waals surface area contributed by atoms with E-state index in [2.05, 4.69) is 22.4 Å². The summed E-state index contributed by atoms with van der Waals surface area (Å²) >= 11 is 4.42. The molecule has 0 amide bonds. The first-order valence-electron chi connectivity index (χ1n) is 2.56. The third kappa shape index (κ3) is 3.25. The Kier molecular flexibility index (Phi) is 5.79. The molecule has 1 nitrogen and oxygen atoms in total. The minimum absolute atomic E-state index is 0. The Morgan fingerprint density at radius 3 is 2.30 bits per heavy atom. The summed E-state index contributed by atoms with van der Waals surface area (Å²) in [6, 6.07) is 9.50. The molecule has 1 rings (SSSR count). The van der Waals surface area contributed by atoms with Gasteiger partial charge in [0.05, 0.1) is 10.8 Å². The van der Waals surface area contributed by atoms with E-state index >= 15 is 0 Å². The van der Waals surface area contributed by atoms with Gasteiger partial charge in [0, 0.05) is 0 Å². The Morgan fingerprint density at radius 2 is 1.80 bits per heavy atom. The molecule has 0 aromatic heterocycles. The van der Waals surface area contributed by atoms with Crippen molar-refractivity contribution in [3.05, 3.63) is 30.3 Å². The first-order chi connectivity index (χ1) is 4.43. The fraction of sp³-hybridized carbons (Fsp3) is 0. The topological polar surface area (TPSA) is 12.4 Å². The third-order valence-corrected chi connectivity index (χ3v) is 1.02. The number of aliphatic imine (C=N–C) groups is 1. The van der Waals surface area contributed by atoms with Crippen LogP contribution in [0.15, 0.2) is 35.3 Å². The molecule has 46 valence electrons. The zero-order valence-electron chi connectivity index (χ0n) is 4.74. The van der Waals surface area contributed by atoms with Gasteiger partial charge in [-0.05, 0) is 24.4 Å². The monoisotopic (exact) mass is 159 g/mol. The van der Waals surface area contributed by atoms with E-state index in [1.807, 2.05) is 30.3 Å². The second kappa shape index (κ2) is 5.78. The number of isothiocyanates is 1. The van der Waals surface area contributed by atoms with Crippen molar-refractivity contribution in [2.24, 2.45) is 4.99 Å². The molecule has 0 aliphatic heterocycles. The number of para-hydroxylation sites is 1. The SMILES string of the molecule is S=C=Nc1ccccc1.[NaH]. The molecule has 0 atom stereocenters. The molecule has 0 aliphatic carbocycles. The van der Waals surface area contributed by atoms with Gasteiger partial charge in [-0.3, -0.25) is 0 Å². The summed E-state index contributed by atoms with van der Waals surface area (Å²) in [4.78, 5) is 3.77. The van der Waals surface area contributed by atoms with E-state index in [0.29, 0.717) is 0 Å². The quantitative estimate of drug-likeness (QED) is 0.345. The third-order valence-electron chi connectivity index (χ3n) is 0.931. The summed E-state index contributed by atoms with van der Waals surface area (Å²) in [7, 11) is 0. The van der Waals surface area contributed by atoms with Gasteiger partial charge < -0.3 is 0 Å². The number of benzene rings is 1. The van der Waals surface area contributed by atoms with Crippen LogP contribution < -0.4 is 0 Å². The number of hydrogen-bond donors (Lipinski definition) is 0. The molecule has 0 heterocycles. The molecule has 0 unspecified atom stereocenters. The van der Waals surface area contributed by atoms with Crippen LogP contribution in [0.4, 0.5) is 5.69 Å². The number of hydrogen-bond acceptors (Lipinski definition) is 2. The van der Waals surface area contributed by atoms with Crippen LogP contribution in [0.3, 0.4) is 0 Å². The molecule has 0 bridgehead atoms. The Balaban J connectivity index is 0.000000810. The molecule has 0 spiro atoms. The number of rotatable bonds is 1. The molecular weight excluding hydrogens is 153 g/mol. The van der Waals surface area contributed by atoms with Crippen molar-refractivity contribution in [1.82, 2.24) is 0 Å². The van der Waals surface area contributed by atoms with Crippen LogP contribution in [0.25, 0.3) is 0 Å². The number of nitrogens with zero attached hydrogens (tertiary/aromatic N) is 1. The molecule has 0 fully saturated rings. The van der Waals surface area contributed by atoms with Gasteiger partial charge in [-0.2, -0.15) is 4.99 Å². The maximum atomic E-state index is 4.42. The van der Waals surface area contributed by atoms with E-state index in [1.165, 1.54) is 0 Å². The predicted octanol–water partition coefficient (Wildman–Crippen LogP) is 1.77. The van der Waals surface area contributed by atoms with E-state index in [4.69, 9.17) is 0 Å². The first-order valence-corrected chi connectivity index (χ1v) is 2.97. The van der Waals surface area contributed by atoms with Crippen LogP contribution in [-0.2, 0) is 0 Å². The molecule has 0 saturated carbocycles. The summed E-state index contributed by atoms with van der Waals surface area (Å²) in [6.45, 7) is 0. The first kappa shape index (κ1) is 10.0. The Morgan fingerprint density at radius 1 is 1.20 bits per heavy atom. The summed E-state index contributed by atoms with van der Waals surface area (Å²) in [5, 5.41) is 2.29. The Hall–Kier alpha value is 0.0200. The van der Waals surface area contributed by atoms with Crippen molar-refractivity contribution in [3.8, 4) is 0 Å². The average Bonchev–Trinajstić information content (AvgIpc) is 1.91. The second-order valence-electron chi connectivity index (χ2n) is 1.54. The molecule has 10 heavy (non-hydrogen) atoms. The van der Waals surface area contributed by atoms with Crippen LogP contribution in [0.2, 0.25) is 0 Å². The molecular formula is C7H6NNaS. The molecule has 1 aromatic carbocycles. The zero-order chi connectivity index (χ0) is 6.53. The van der Waals surface area contributed by atoms with Crippen molar-refractivity contribution in [2.45, 2.75) is 0 Å². The summed E-state index contributed by atoms with van der Waals surface area (Å²) in [5.41, 5.74) is 0.854. The van der Waals surface area contributed by atoms with Gasteiger partial charge in [0.15, 0.2) is 0 Å². The zero-order valence-corrected chi connectivity index (χ0v) is 5.56. The minimum atomic E-state index is 0. The molecule has 0 saturated heterocycles. The molecule has 0 aliphatic rings. The van der Waals surface area contributed by atoms with Crippen molar-refractivity contribution in [2.75, 3.05) is 0 Å². The van der Waals surface area contributed by atoms with Gasteiger partial charge in [0.1, 0.15) is 0 Å². The van der Waals surface area contributed by atoms with E-state index in [-0.39, 0.29) is 29.6 Å². The van der Waals surface area contributed by atoms with E-state index in [1.54, 1.807) is 0 Å². The predicted molar refractivity (Wildman–Crippen MR) is 48.3 cm³/mol. The van der Waals surface area contributed by atoms with Crippen LogP contribution >= 0.6 is 12.2 Å². The standard InChI is InChI=1S/C7H5NS.Na.H/c9-6-8-7-4-2-1-3-5-7;;/h1-5H;;. The van der Waals surface area contributed by atoms with Crippen LogP contribution in [0, 0.1) is 0 Å². The van der Waals surface area contributed by atoms with E-state index in [0.717, 1.165) is 5.69 Å². The average molecular weight is 159 g/mol. The van der Waals surface area contributed by atoms with Gasteiger partial charge in [-0.15, -0.1) is 0 Å². The Bertz CT molecular complexity index is 229. The summed E-state index contributed by atoms with van der Waals surface area (Å²) in [5.74, 6) is 0. The fourth-order valence-corrected chi connectivity index (χ4v) is 0.661. The van der Waals surface area contributed by atoms with Crippen molar-refractivity contribution >= 4 is 52.6 Å². The molecule has 0 radical (unpaired) electrons. The van der Waals surface area contributed by atoms with Gasteiger partial charge in [-0.25, -0.2) is 0 Å². The summed E-state index contributed by atoms with van der Waals surface area (Å²) in [6.07, 6.45) is 0. The Labute approximate surface area is 87.5 Å². The van der Waals surface area contributed by atoms with Crippen LogP contribution in [0.1, 0.15) is 0 Å². The van der Waals surface area contributed by atoms with Gasteiger partial charge in [0.2, 0.25) is 0 Å². The molecule has 1 aromatic rings.